The molecule has 0 radical (unpaired) electrons. The van der Waals surface area contributed by atoms with Gasteiger partial charge in [0.05, 0.1) is 17.1 Å². The number of amides is 2. The van der Waals surface area contributed by atoms with Gasteiger partial charge in [0.2, 0.25) is 0 Å². The summed E-state index contributed by atoms with van der Waals surface area (Å²) < 4.78 is 111. The summed E-state index contributed by atoms with van der Waals surface area (Å²) in [6.07, 6.45) is -15.6. The highest BCUT2D eigenvalue weighted by Crippen LogP contribution is 2.37. The van der Waals surface area contributed by atoms with E-state index in [1.165, 1.54) is 12.1 Å². The SMILES string of the molecule is Cc1ccc(CC(NC(=O)NC(CC(F)(F)F)C(=O)O)(c2cc(F)cc(OC(F)(F)C(F)F)c2)c2ccc(Cl)cn2)cc1. The average molecular weight is 640 g/mol. The van der Waals surface area contributed by atoms with Crippen LogP contribution in [0.5, 0.6) is 5.75 Å². The highest BCUT2D eigenvalue weighted by molar-refractivity contribution is 6.30. The van der Waals surface area contributed by atoms with Crippen LogP contribution in [0.15, 0.2) is 60.8 Å². The number of halogens is 9. The molecule has 0 bridgehead atoms. The van der Waals surface area contributed by atoms with Crippen LogP contribution >= 0.6 is 11.6 Å². The van der Waals surface area contributed by atoms with E-state index in [1.54, 1.807) is 36.5 Å². The van der Waals surface area contributed by atoms with Crippen LogP contribution in [-0.2, 0) is 16.8 Å². The maximum Gasteiger partial charge on any atom is 0.461 e. The van der Waals surface area contributed by atoms with Gasteiger partial charge in [0, 0.05) is 18.7 Å². The van der Waals surface area contributed by atoms with Crippen molar-refractivity contribution in [3.05, 3.63) is 94.0 Å². The molecule has 3 N–H and O–H groups in total. The van der Waals surface area contributed by atoms with Gasteiger partial charge in [-0.05, 0) is 42.3 Å². The quantitative estimate of drug-likeness (QED) is 0.205. The minimum absolute atomic E-state index is 0.0772. The minimum atomic E-state index is -5.06. The molecule has 3 aromatic rings. The fourth-order valence-electron chi connectivity index (χ4n) is 4.05. The Balaban J connectivity index is 2.24. The maximum atomic E-state index is 14.9. The van der Waals surface area contributed by atoms with E-state index in [2.05, 4.69) is 15.0 Å². The number of aryl methyl sites for hydroxylation is 1. The first-order valence-corrected chi connectivity index (χ1v) is 12.5. The number of ether oxygens (including phenoxy) is 1. The van der Waals surface area contributed by atoms with Crippen molar-refractivity contribution >= 4 is 23.6 Å². The number of carboxylic acids is 1. The molecule has 0 spiro atoms. The van der Waals surface area contributed by atoms with E-state index >= 15 is 0 Å². The molecule has 43 heavy (non-hydrogen) atoms. The van der Waals surface area contributed by atoms with Gasteiger partial charge in [0.25, 0.3) is 0 Å². The third-order valence-corrected chi connectivity index (χ3v) is 6.22. The Morgan fingerprint density at radius 2 is 1.67 bits per heavy atom. The first-order chi connectivity index (χ1) is 19.9. The molecule has 0 saturated heterocycles. The number of aromatic nitrogens is 1. The second-order valence-electron chi connectivity index (χ2n) is 9.38. The van der Waals surface area contributed by atoms with Gasteiger partial charge in [-0.1, -0.05) is 41.4 Å². The molecule has 0 fully saturated rings. The zero-order valence-electron chi connectivity index (χ0n) is 21.9. The Bertz CT molecular complexity index is 1440. The molecule has 1 heterocycles. The van der Waals surface area contributed by atoms with Crippen LogP contribution in [0.2, 0.25) is 5.02 Å². The molecule has 3 rings (SSSR count). The summed E-state index contributed by atoms with van der Waals surface area (Å²) in [6.45, 7) is 1.75. The first-order valence-electron chi connectivity index (χ1n) is 12.1. The number of hydrogen-bond acceptors (Lipinski definition) is 4. The number of carboxylic acid groups (broad SMARTS) is 1. The molecule has 2 atom stereocenters. The predicted molar refractivity (Wildman–Crippen MR) is 137 cm³/mol. The normalized spacial score (nSPS) is 14.1. The van der Waals surface area contributed by atoms with E-state index in [0.717, 1.165) is 17.8 Å². The molecule has 232 valence electrons. The van der Waals surface area contributed by atoms with E-state index in [4.69, 9.17) is 11.6 Å². The molecule has 0 aliphatic heterocycles. The van der Waals surface area contributed by atoms with Crippen LogP contribution < -0.4 is 15.4 Å². The van der Waals surface area contributed by atoms with E-state index in [-0.39, 0.29) is 17.1 Å². The molecule has 0 aliphatic carbocycles. The minimum Gasteiger partial charge on any atom is -0.480 e. The average Bonchev–Trinajstić information content (AvgIpc) is 2.88. The Kier molecular flexibility index (Phi) is 10.1. The van der Waals surface area contributed by atoms with Crippen molar-refractivity contribution < 1.29 is 54.6 Å². The highest BCUT2D eigenvalue weighted by Gasteiger charge is 2.45. The molecule has 16 heteroatoms. The van der Waals surface area contributed by atoms with Crippen LogP contribution in [0.1, 0.15) is 28.8 Å². The summed E-state index contributed by atoms with van der Waals surface area (Å²) >= 11 is 5.94. The van der Waals surface area contributed by atoms with Gasteiger partial charge >= 0.3 is 30.7 Å². The Morgan fingerprint density at radius 3 is 2.21 bits per heavy atom. The standard InChI is InChI=1S/C27H22ClF8N3O4/c1-14-2-4-15(5-3-14)11-25(21-7-6-17(28)13-37-21,39-24(42)38-20(22(40)41)12-26(32,33)34)16-8-18(29)10-19(9-16)43-27(35,36)23(30)31/h2-10,13,20,23H,11-12H2,1H3,(H,40,41)(H2,38,39,42). The van der Waals surface area contributed by atoms with Crippen molar-refractivity contribution in [1.82, 2.24) is 15.6 Å². The second-order valence-corrected chi connectivity index (χ2v) is 9.81. The molecular weight excluding hydrogens is 618 g/mol. The maximum absolute atomic E-state index is 14.9. The lowest BCUT2D eigenvalue weighted by molar-refractivity contribution is -0.253. The number of aliphatic carboxylic acids is 1. The second kappa shape index (κ2) is 13.0. The van der Waals surface area contributed by atoms with Crippen LogP contribution in [0.3, 0.4) is 0 Å². The molecule has 2 unspecified atom stereocenters. The van der Waals surface area contributed by atoms with Gasteiger partial charge in [-0.2, -0.15) is 30.7 Å². The number of rotatable bonds is 11. The lowest BCUT2D eigenvalue weighted by atomic mass is 9.80. The van der Waals surface area contributed by atoms with Gasteiger partial charge in [-0.15, -0.1) is 0 Å². The number of carbonyl (C=O) groups is 2. The van der Waals surface area contributed by atoms with Gasteiger partial charge in [0.1, 0.15) is 23.1 Å². The fourth-order valence-corrected chi connectivity index (χ4v) is 4.16. The van der Waals surface area contributed by atoms with Gasteiger partial charge in [-0.3, -0.25) is 4.98 Å². The van der Waals surface area contributed by atoms with Crippen LogP contribution in [0.25, 0.3) is 0 Å². The number of urea groups is 1. The van der Waals surface area contributed by atoms with Crippen molar-refractivity contribution in [3.8, 4) is 5.75 Å². The number of nitrogens with zero attached hydrogens (tertiary/aromatic N) is 1. The van der Waals surface area contributed by atoms with Crippen LogP contribution in [0, 0.1) is 12.7 Å². The topological polar surface area (TPSA) is 101 Å². The fraction of sp³-hybridized carbons (Fsp3) is 0.296. The van der Waals surface area contributed by atoms with E-state index < -0.39 is 65.8 Å². The lowest BCUT2D eigenvalue weighted by Crippen LogP contribution is -2.56. The van der Waals surface area contributed by atoms with Crippen molar-refractivity contribution in [3.63, 3.8) is 0 Å². The summed E-state index contributed by atoms with van der Waals surface area (Å²) in [4.78, 5) is 28.8. The van der Waals surface area contributed by atoms with E-state index in [0.29, 0.717) is 17.7 Å². The van der Waals surface area contributed by atoms with Gasteiger partial charge < -0.3 is 20.5 Å². The number of alkyl halides is 7. The van der Waals surface area contributed by atoms with Crippen molar-refractivity contribution in [1.29, 1.82) is 0 Å². The molecule has 2 amide bonds. The number of carbonyl (C=O) groups excluding carboxylic acids is 1. The summed E-state index contributed by atoms with van der Waals surface area (Å²) in [5, 5.41) is 13.3. The number of benzene rings is 2. The summed E-state index contributed by atoms with van der Waals surface area (Å²) in [5.74, 6) is -4.41. The monoisotopic (exact) mass is 639 g/mol. The number of pyridine rings is 1. The molecule has 1 aromatic heterocycles. The lowest BCUT2D eigenvalue weighted by Gasteiger charge is -2.36. The summed E-state index contributed by atoms with van der Waals surface area (Å²) in [7, 11) is 0. The van der Waals surface area contributed by atoms with Crippen LogP contribution in [0.4, 0.5) is 39.9 Å². The third-order valence-electron chi connectivity index (χ3n) is 5.99. The van der Waals surface area contributed by atoms with Crippen molar-refractivity contribution in [2.24, 2.45) is 0 Å². The molecular formula is C27H22ClF8N3O4. The number of hydrogen-bond donors (Lipinski definition) is 3. The highest BCUT2D eigenvalue weighted by atomic mass is 35.5. The first kappa shape index (κ1) is 33.4. The summed E-state index contributed by atoms with van der Waals surface area (Å²) in [5.41, 5.74) is -1.59. The smallest absolute Gasteiger partial charge is 0.461 e. The molecule has 7 nitrogen and oxygen atoms in total. The van der Waals surface area contributed by atoms with Crippen molar-refractivity contribution in [2.75, 3.05) is 0 Å². The van der Waals surface area contributed by atoms with Gasteiger partial charge in [-0.25, -0.2) is 14.0 Å². The van der Waals surface area contributed by atoms with E-state index in [1.807, 2.05) is 0 Å². The van der Waals surface area contributed by atoms with Crippen LogP contribution in [-0.4, -0.2) is 46.8 Å². The zero-order valence-corrected chi connectivity index (χ0v) is 22.6. The molecule has 0 saturated carbocycles. The predicted octanol–water partition coefficient (Wildman–Crippen LogP) is 6.61. The summed E-state index contributed by atoms with van der Waals surface area (Å²) in [6, 6.07) is 6.73. The molecule has 0 aliphatic rings. The Morgan fingerprint density at radius 1 is 1.02 bits per heavy atom. The van der Waals surface area contributed by atoms with Gasteiger partial charge in [0.15, 0.2) is 0 Å². The number of nitrogens with one attached hydrogen (secondary N) is 2. The zero-order chi connectivity index (χ0) is 32.2. The van der Waals surface area contributed by atoms with Crippen molar-refractivity contribution in [2.45, 2.75) is 50.1 Å². The Hall–Kier alpha value is -4.14. The largest absolute Gasteiger partial charge is 0.480 e. The third kappa shape index (κ3) is 8.92. The molecule has 2 aromatic carbocycles. The Labute approximate surface area is 243 Å². The van der Waals surface area contributed by atoms with E-state index in [9.17, 15) is 49.8 Å².